The van der Waals surface area contributed by atoms with E-state index in [0.717, 1.165) is 58.2 Å². The first-order chi connectivity index (χ1) is 15.8. The van der Waals surface area contributed by atoms with Crippen LogP contribution < -0.4 is 0 Å². The molecule has 0 aliphatic rings. The van der Waals surface area contributed by atoms with Gasteiger partial charge in [0.05, 0.1) is 5.41 Å². The number of esters is 1. The van der Waals surface area contributed by atoms with Crippen molar-refractivity contribution in [3.63, 3.8) is 0 Å². The highest BCUT2D eigenvalue weighted by atomic mass is 16.7. The molecule has 0 bridgehead atoms. The Morgan fingerprint density at radius 1 is 0.636 bits per heavy atom. The second-order valence-corrected chi connectivity index (χ2v) is 10.7. The molecule has 0 aliphatic heterocycles. The molecule has 0 heterocycles. The minimum absolute atomic E-state index is 0.0431. The number of carbonyl (C=O) groups excluding carboxylic acids is 1. The van der Waals surface area contributed by atoms with E-state index < -0.39 is 5.41 Å². The van der Waals surface area contributed by atoms with Gasteiger partial charge in [-0.2, -0.15) is 0 Å². The van der Waals surface area contributed by atoms with Crippen LogP contribution in [0.5, 0.6) is 0 Å². The monoisotopic (exact) mass is 470 g/mol. The van der Waals surface area contributed by atoms with Crippen molar-refractivity contribution >= 4 is 5.97 Å². The molecule has 0 aliphatic carbocycles. The Morgan fingerprint density at radius 3 is 1.55 bits per heavy atom. The maximum Gasteiger partial charge on any atom is 0.311 e. The molecule has 1 atom stereocenters. The standard InChI is InChI=1S/C29H58O4/c1-7-10-12-16-20-24-31-27(32-25-21-17-13-11-8-2)23-19-15-14-18-22-26(9-3)33-28(30)29(4,5)6/h26-27H,7-25H2,1-6H3. The van der Waals surface area contributed by atoms with E-state index in [-0.39, 0.29) is 18.4 Å². The number of carbonyl (C=O) groups is 1. The molecule has 33 heavy (non-hydrogen) atoms. The Kier molecular flexibility index (Phi) is 21.5. The van der Waals surface area contributed by atoms with Gasteiger partial charge in [0.2, 0.25) is 0 Å². The minimum Gasteiger partial charge on any atom is -0.462 e. The highest BCUT2D eigenvalue weighted by Crippen LogP contribution is 2.20. The van der Waals surface area contributed by atoms with Crippen LogP contribution in [0.1, 0.15) is 151 Å². The average molecular weight is 471 g/mol. The molecule has 0 rings (SSSR count). The van der Waals surface area contributed by atoms with E-state index in [1.165, 1.54) is 64.2 Å². The predicted octanol–water partition coefficient (Wildman–Crippen LogP) is 9.00. The van der Waals surface area contributed by atoms with Gasteiger partial charge in [-0.3, -0.25) is 4.79 Å². The second-order valence-electron chi connectivity index (χ2n) is 10.7. The number of unbranched alkanes of at least 4 members (excludes halogenated alkanes) is 11. The summed E-state index contributed by atoms with van der Waals surface area (Å²) in [4.78, 5) is 12.1. The maximum atomic E-state index is 12.1. The van der Waals surface area contributed by atoms with E-state index >= 15 is 0 Å². The van der Waals surface area contributed by atoms with Crippen LogP contribution >= 0.6 is 0 Å². The van der Waals surface area contributed by atoms with Crippen molar-refractivity contribution in [1.82, 2.24) is 0 Å². The summed E-state index contributed by atoms with van der Waals surface area (Å²) in [6.45, 7) is 14.0. The zero-order valence-corrected chi connectivity index (χ0v) is 23.2. The van der Waals surface area contributed by atoms with Gasteiger partial charge in [-0.15, -0.1) is 0 Å². The van der Waals surface area contributed by atoms with Gasteiger partial charge in [0, 0.05) is 13.2 Å². The molecule has 0 saturated heterocycles. The summed E-state index contributed by atoms with van der Waals surface area (Å²) >= 11 is 0. The third kappa shape index (κ3) is 20.5. The van der Waals surface area contributed by atoms with Crippen molar-refractivity contribution in [3.8, 4) is 0 Å². The Balaban J connectivity index is 4.10. The third-order valence-corrected chi connectivity index (χ3v) is 6.16. The van der Waals surface area contributed by atoms with E-state index in [1.54, 1.807) is 0 Å². The largest absolute Gasteiger partial charge is 0.462 e. The summed E-state index contributed by atoms with van der Waals surface area (Å²) in [6.07, 6.45) is 20.1. The van der Waals surface area contributed by atoms with Crippen molar-refractivity contribution < 1.29 is 19.0 Å². The highest BCUT2D eigenvalue weighted by Gasteiger charge is 2.25. The fourth-order valence-electron chi connectivity index (χ4n) is 3.77. The van der Waals surface area contributed by atoms with Crippen molar-refractivity contribution in [1.29, 1.82) is 0 Å². The van der Waals surface area contributed by atoms with Gasteiger partial charge in [-0.05, 0) is 65.7 Å². The highest BCUT2D eigenvalue weighted by molar-refractivity contribution is 5.75. The van der Waals surface area contributed by atoms with Crippen molar-refractivity contribution in [2.45, 2.75) is 163 Å². The van der Waals surface area contributed by atoms with Crippen LogP contribution in [0.3, 0.4) is 0 Å². The zero-order valence-electron chi connectivity index (χ0n) is 23.2. The lowest BCUT2D eigenvalue weighted by Crippen LogP contribution is -2.28. The van der Waals surface area contributed by atoms with Crippen molar-refractivity contribution in [2.24, 2.45) is 5.41 Å². The Labute approximate surface area is 206 Å². The molecule has 0 spiro atoms. The molecule has 4 nitrogen and oxygen atoms in total. The van der Waals surface area contributed by atoms with Gasteiger partial charge in [-0.25, -0.2) is 0 Å². The molecule has 0 radical (unpaired) electrons. The van der Waals surface area contributed by atoms with E-state index in [2.05, 4.69) is 20.8 Å². The quantitative estimate of drug-likeness (QED) is 0.0849. The summed E-state index contributed by atoms with van der Waals surface area (Å²) in [5.74, 6) is -0.0872. The van der Waals surface area contributed by atoms with Crippen LogP contribution in [0.25, 0.3) is 0 Å². The fraction of sp³-hybridized carbons (Fsp3) is 0.966. The van der Waals surface area contributed by atoms with Gasteiger partial charge in [0.25, 0.3) is 0 Å². The molecule has 198 valence electrons. The summed E-state index contributed by atoms with van der Waals surface area (Å²) in [7, 11) is 0. The van der Waals surface area contributed by atoms with E-state index in [1.807, 2.05) is 20.8 Å². The lowest BCUT2D eigenvalue weighted by Gasteiger charge is -2.22. The topological polar surface area (TPSA) is 44.8 Å². The molecular formula is C29H58O4. The van der Waals surface area contributed by atoms with Crippen molar-refractivity contribution in [3.05, 3.63) is 0 Å². The SMILES string of the molecule is CCCCCCCOC(CCCCCCC(CC)OC(=O)C(C)(C)C)OCCCCCCC. The molecule has 0 fully saturated rings. The third-order valence-electron chi connectivity index (χ3n) is 6.16. The molecule has 0 amide bonds. The number of hydrogen-bond donors (Lipinski definition) is 0. The minimum atomic E-state index is -0.422. The first-order valence-electron chi connectivity index (χ1n) is 14.3. The van der Waals surface area contributed by atoms with Crippen LogP contribution in [0.4, 0.5) is 0 Å². The Morgan fingerprint density at radius 2 is 1.09 bits per heavy atom. The van der Waals surface area contributed by atoms with E-state index in [0.29, 0.717) is 0 Å². The predicted molar refractivity (Wildman–Crippen MR) is 141 cm³/mol. The molecule has 4 heteroatoms. The normalized spacial score (nSPS) is 12.9. The summed E-state index contributed by atoms with van der Waals surface area (Å²) in [6, 6.07) is 0. The van der Waals surface area contributed by atoms with Crippen molar-refractivity contribution in [2.75, 3.05) is 13.2 Å². The Bertz CT molecular complexity index is 414. The van der Waals surface area contributed by atoms with Crippen LogP contribution in [0.2, 0.25) is 0 Å². The molecule has 0 N–H and O–H groups in total. The van der Waals surface area contributed by atoms with E-state index in [4.69, 9.17) is 14.2 Å². The summed E-state index contributed by atoms with van der Waals surface area (Å²) < 4.78 is 17.9. The van der Waals surface area contributed by atoms with Crippen LogP contribution in [0, 0.1) is 5.41 Å². The van der Waals surface area contributed by atoms with Crippen LogP contribution in [0.15, 0.2) is 0 Å². The molecule has 0 aromatic carbocycles. The lowest BCUT2D eigenvalue weighted by molar-refractivity contribution is -0.159. The first kappa shape index (κ1) is 32.4. The number of hydrogen-bond acceptors (Lipinski definition) is 4. The summed E-state index contributed by atoms with van der Waals surface area (Å²) in [5, 5.41) is 0. The van der Waals surface area contributed by atoms with Crippen LogP contribution in [-0.2, 0) is 19.0 Å². The van der Waals surface area contributed by atoms with Gasteiger partial charge in [0.1, 0.15) is 6.10 Å². The van der Waals surface area contributed by atoms with Gasteiger partial charge < -0.3 is 14.2 Å². The van der Waals surface area contributed by atoms with Gasteiger partial charge in [-0.1, -0.05) is 85.0 Å². The molecule has 0 aromatic heterocycles. The summed E-state index contributed by atoms with van der Waals surface area (Å²) in [5.41, 5.74) is -0.422. The van der Waals surface area contributed by atoms with E-state index in [9.17, 15) is 4.79 Å². The molecule has 0 saturated carbocycles. The Hall–Kier alpha value is -0.610. The number of ether oxygens (including phenoxy) is 3. The van der Waals surface area contributed by atoms with Gasteiger partial charge in [0.15, 0.2) is 6.29 Å². The van der Waals surface area contributed by atoms with Gasteiger partial charge >= 0.3 is 5.97 Å². The number of rotatable bonds is 23. The molecular weight excluding hydrogens is 412 g/mol. The average Bonchev–Trinajstić information content (AvgIpc) is 2.78. The second kappa shape index (κ2) is 21.9. The van der Waals surface area contributed by atoms with Crippen LogP contribution in [-0.4, -0.2) is 31.6 Å². The lowest BCUT2D eigenvalue weighted by atomic mass is 9.97. The molecule has 1 unspecified atom stereocenters. The molecule has 0 aromatic rings. The fourth-order valence-corrected chi connectivity index (χ4v) is 3.77. The first-order valence-corrected chi connectivity index (χ1v) is 14.3. The smallest absolute Gasteiger partial charge is 0.311 e. The maximum absolute atomic E-state index is 12.1. The zero-order chi connectivity index (χ0) is 24.8.